The van der Waals surface area contributed by atoms with Gasteiger partial charge in [0.25, 0.3) is 12.1 Å². The van der Waals surface area contributed by atoms with Crippen molar-refractivity contribution in [1.29, 1.82) is 5.41 Å². The molecule has 1 N–H and O–H groups in total. The van der Waals surface area contributed by atoms with Crippen LogP contribution in [0.15, 0.2) is 0 Å². The fourth-order valence-corrected chi connectivity index (χ4v) is 3.87. The number of amidine groups is 1. The first kappa shape index (κ1) is 15.9. The van der Waals surface area contributed by atoms with Gasteiger partial charge in [0.15, 0.2) is 6.61 Å². The zero-order chi connectivity index (χ0) is 17.4. The molecule has 2 aliphatic carbocycles. The third kappa shape index (κ3) is 2.38. The topological polar surface area (TPSA) is 111 Å². The van der Waals surface area contributed by atoms with Crippen LogP contribution in [0.5, 0.6) is 0 Å². The van der Waals surface area contributed by atoms with Crippen LogP contribution in [0, 0.1) is 35.8 Å². The van der Waals surface area contributed by atoms with Crippen LogP contribution in [0.2, 0.25) is 0 Å². The van der Waals surface area contributed by atoms with Gasteiger partial charge in [0.2, 0.25) is 0 Å². The predicted molar refractivity (Wildman–Crippen MR) is 78.5 cm³/mol. The fraction of sp³-hybridized carbons (Fsp3) is 0.600. The summed E-state index contributed by atoms with van der Waals surface area (Å²) in [5, 5.41) is 7.05. The number of nitrogens with one attached hydrogen (secondary N) is 1. The van der Waals surface area contributed by atoms with Crippen LogP contribution in [0.4, 0.5) is 0 Å². The fourth-order valence-electron chi connectivity index (χ4n) is 3.87. The summed E-state index contributed by atoms with van der Waals surface area (Å²) >= 11 is 0. The summed E-state index contributed by atoms with van der Waals surface area (Å²) < 4.78 is 15.3. The number of esters is 3. The Morgan fingerprint density at radius 1 is 1.46 bits per heavy atom. The summed E-state index contributed by atoms with van der Waals surface area (Å²) in [7, 11) is 0. The molecule has 6 atom stereocenters. The summed E-state index contributed by atoms with van der Waals surface area (Å²) in [6.45, 7) is 5.73. The average Bonchev–Trinajstić information content (AvgIpc) is 3.16. The highest BCUT2D eigenvalue weighted by atomic mass is 16.6. The summed E-state index contributed by atoms with van der Waals surface area (Å²) in [6.07, 6.45) is -0.414. The zero-order valence-electron chi connectivity index (χ0n) is 12.8. The van der Waals surface area contributed by atoms with E-state index in [0.29, 0.717) is 6.42 Å². The van der Waals surface area contributed by atoms with Crippen molar-refractivity contribution in [2.45, 2.75) is 31.6 Å². The number of ether oxygens (including phenoxy) is 3. The molecule has 9 heteroatoms. The van der Waals surface area contributed by atoms with E-state index in [1.807, 2.05) is 0 Å². The molecule has 124 valence electrons. The normalized spacial score (nSPS) is 34.6. The number of rotatable bonds is 3. The van der Waals surface area contributed by atoms with Crippen LogP contribution < -0.4 is 0 Å². The van der Waals surface area contributed by atoms with Crippen molar-refractivity contribution in [3.8, 4) is 12.6 Å². The maximum atomic E-state index is 12.0. The van der Waals surface area contributed by atoms with Gasteiger partial charge in [-0.25, -0.2) is 9.59 Å². The lowest BCUT2D eigenvalue weighted by atomic mass is 9.84. The van der Waals surface area contributed by atoms with Gasteiger partial charge >= 0.3 is 23.7 Å². The van der Waals surface area contributed by atoms with Gasteiger partial charge in [0.05, 0.1) is 12.8 Å². The second-order valence-electron chi connectivity index (χ2n) is 5.84. The summed E-state index contributed by atoms with van der Waals surface area (Å²) in [5.41, 5.74) is 0. The lowest BCUT2D eigenvalue weighted by Gasteiger charge is -2.24. The molecule has 0 aromatic rings. The van der Waals surface area contributed by atoms with E-state index in [4.69, 9.17) is 21.5 Å². The van der Waals surface area contributed by atoms with Gasteiger partial charge < -0.3 is 14.2 Å². The van der Waals surface area contributed by atoms with Crippen LogP contribution >= 0.6 is 0 Å². The van der Waals surface area contributed by atoms with Crippen molar-refractivity contribution in [2.75, 3.05) is 6.61 Å². The van der Waals surface area contributed by atoms with Gasteiger partial charge in [-0.1, -0.05) is 10.3 Å². The van der Waals surface area contributed by atoms with Gasteiger partial charge in [-0.15, -0.1) is 4.85 Å². The van der Waals surface area contributed by atoms with Crippen LogP contribution in [0.25, 0.3) is 9.69 Å². The monoisotopic (exact) mass is 333 g/mol. The molecule has 2 saturated carbocycles. The molecule has 2 bridgehead atoms. The second kappa shape index (κ2) is 5.93. The van der Waals surface area contributed by atoms with Crippen molar-refractivity contribution in [3.63, 3.8) is 0 Å². The van der Waals surface area contributed by atoms with E-state index in [1.165, 1.54) is 0 Å². The molecule has 0 aromatic carbocycles. The zero-order valence-corrected chi connectivity index (χ0v) is 12.8. The van der Waals surface area contributed by atoms with Gasteiger partial charge in [-0.3, -0.25) is 4.79 Å². The van der Waals surface area contributed by atoms with Crippen molar-refractivity contribution < 1.29 is 28.6 Å². The summed E-state index contributed by atoms with van der Waals surface area (Å²) in [5.74, 6) is -3.49. The van der Waals surface area contributed by atoms with E-state index in [2.05, 4.69) is 20.5 Å². The van der Waals surface area contributed by atoms with Crippen LogP contribution in [-0.4, -0.2) is 48.6 Å². The van der Waals surface area contributed by atoms with Crippen LogP contribution in [0.3, 0.4) is 0 Å². The number of hydrogen-bond donors (Lipinski definition) is 1. The molecular weight excluding hydrogens is 318 g/mol. The summed E-state index contributed by atoms with van der Waals surface area (Å²) in [6, 6.07) is 2.38. The first-order chi connectivity index (χ1) is 11.5. The molecule has 24 heavy (non-hydrogen) atoms. The molecule has 3 fully saturated rings. The maximum Gasteiger partial charge on any atom is 0.502 e. The molecule has 1 aliphatic heterocycles. The third-order valence-corrected chi connectivity index (χ3v) is 4.69. The Bertz CT molecular complexity index is 730. The maximum absolute atomic E-state index is 12.0. The first-order valence-electron chi connectivity index (χ1n) is 7.41. The minimum atomic E-state index is -1.13. The van der Waals surface area contributed by atoms with E-state index in [9.17, 15) is 14.4 Å². The van der Waals surface area contributed by atoms with Gasteiger partial charge in [0.1, 0.15) is 24.7 Å². The Morgan fingerprint density at radius 3 is 2.88 bits per heavy atom. The number of nitrogens with zero attached hydrogens (tertiary/aromatic N) is 2. The minimum absolute atomic E-state index is 0.0193. The van der Waals surface area contributed by atoms with Gasteiger partial charge in [-0.2, -0.15) is 0 Å². The Labute approximate surface area is 137 Å². The molecule has 0 radical (unpaired) electrons. The standard InChI is InChI=1S/C15H15N3O6/c1-3-18-10-7-4-6-9(10)14(20)24-11(6)12(7)23-8(19)5-22-15(21)13(16)17-2/h2,6-7,9-12,16H,4-5H2,1H3/q+2. The average molecular weight is 333 g/mol. The molecular formula is C15H15N3O6+2. The molecule has 0 spiro atoms. The SMILES string of the molecule is C#[N+]C(=N)C(=O)OCC(=O)OC1C2CC3C1OC(=O)C3C2[N+]#CC. The van der Waals surface area contributed by atoms with Crippen molar-refractivity contribution in [2.24, 2.45) is 17.8 Å². The van der Waals surface area contributed by atoms with Gasteiger partial charge in [0, 0.05) is 5.92 Å². The largest absolute Gasteiger partial charge is 0.502 e. The predicted octanol–water partition coefficient (Wildman–Crippen LogP) is 0.294. The van der Waals surface area contributed by atoms with E-state index >= 15 is 0 Å². The molecule has 3 aliphatic rings. The molecule has 0 aromatic heterocycles. The summed E-state index contributed by atoms with van der Waals surface area (Å²) in [4.78, 5) is 42.2. The molecule has 3 rings (SSSR count). The highest BCUT2D eigenvalue weighted by Crippen LogP contribution is 2.56. The number of carbonyl (C=O) groups is 3. The number of fused-ring (bicyclic) bond motifs is 1. The highest BCUT2D eigenvalue weighted by molar-refractivity contribution is 6.38. The van der Waals surface area contributed by atoms with Crippen molar-refractivity contribution in [1.82, 2.24) is 0 Å². The minimum Gasteiger partial charge on any atom is -0.458 e. The lowest BCUT2D eigenvalue weighted by Crippen LogP contribution is -2.42. The quantitative estimate of drug-likeness (QED) is 0.344. The first-order valence-corrected chi connectivity index (χ1v) is 7.41. The van der Waals surface area contributed by atoms with E-state index < -0.39 is 36.6 Å². The Balaban J connectivity index is 1.64. The Hall–Kier alpha value is -2.94. The Kier molecular flexibility index (Phi) is 3.94. The van der Waals surface area contributed by atoms with Gasteiger partial charge in [-0.05, 0) is 6.42 Å². The second-order valence-corrected chi connectivity index (χ2v) is 5.84. The van der Waals surface area contributed by atoms with Crippen LogP contribution in [0.1, 0.15) is 13.3 Å². The van der Waals surface area contributed by atoms with Crippen molar-refractivity contribution >= 4 is 23.7 Å². The third-order valence-electron chi connectivity index (χ3n) is 4.69. The van der Waals surface area contributed by atoms with E-state index in [-0.39, 0.29) is 29.8 Å². The Morgan fingerprint density at radius 2 is 2.21 bits per heavy atom. The lowest BCUT2D eigenvalue weighted by molar-refractivity contribution is -0.168. The van der Waals surface area contributed by atoms with E-state index in [1.54, 1.807) is 6.92 Å². The highest BCUT2D eigenvalue weighted by Gasteiger charge is 2.72. The molecule has 0 amide bonds. The van der Waals surface area contributed by atoms with Crippen molar-refractivity contribution in [3.05, 3.63) is 9.69 Å². The van der Waals surface area contributed by atoms with Crippen LogP contribution in [-0.2, 0) is 28.6 Å². The molecule has 1 saturated heterocycles. The smallest absolute Gasteiger partial charge is 0.458 e. The number of carbonyl (C=O) groups excluding carboxylic acids is 3. The molecule has 9 nitrogen and oxygen atoms in total. The molecule has 6 unspecified atom stereocenters. The van der Waals surface area contributed by atoms with E-state index in [0.717, 1.165) is 0 Å². The molecule has 1 heterocycles. The number of hydrogen-bond acceptors (Lipinski definition) is 7.